The van der Waals surface area contributed by atoms with Gasteiger partial charge in [0.1, 0.15) is 16.9 Å². The van der Waals surface area contributed by atoms with Crippen molar-refractivity contribution in [2.45, 2.75) is 6.42 Å². The van der Waals surface area contributed by atoms with E-state index in [-0.39, 0.29) is 0 Å². The van der Waals surface area contributed by atoms with E-state index in [4.69, 9.17) is 16.0 Å². The molecule has 5 heteroatoms. The van der Waals surface area contributed by atoms with Crippen molar-refractivity contribution in [1.82, 2.24) is 10.2 Å². The number of para-hydroxylation sites is 1. The maximum absolute atomic E-state index is 5.69. The van der Waals surface area contributed by atoms with Gasteiger partial charge in [-0.2, -0.15) is 0 Å². The van der Waals surface area contributed by atoms with Crippen molar-refractivity contribution in [3.05, 3.63) is 35.5 Å². The van der Waals surface area contributed by atoms with Crippen molar-refractivity contribution in [3.63, 3.8) is 0 Å². The Balaban J connectivity index is 2.07. The van der Waals surface area contributed by atoms with Gasteiger partial charge < -0.3 is 4.42 Å². The van der Waals surface area contributed by atoms with Crippen molar-refractivity contribution in [1.29, 1.82) is 0 Å². The van der Waals surface area contributed by atoms with Gasteiger partial charge in [-0.15, -0.1) is 21.8 Å². The predicted molar refractivity (Wildman–Crippen MR) is 69.5 cm³/mol. The van der Waals surface area contributed by atoms with Crippen molar-refractivity contribution in [2.24, 2.45) is 0 Å². The number of fused-ring (bicyclic) bond motifs is 1. The smallest absolute Gasteiger partial charge is 0.151 e. The van der Waals surface area contributed by atoms with Crippen LogP contribution in [0.15, 0.2) is 34.9 Å². The molecule has 1 aromatic carbocycles. The van der Waals surface area contributed by atoms with E-state index in [0.717, 1.165) is 33.0 Å². The quantitative estimate of drug-likeness (QED) is 0.677. The Morgan fingerprint density at radius 2 is 2.12 bits per heavy atom. The lowest BCUT2D eigenvalue weighted by Gasteiger charge is -1.89. The molecule has 0 saturated heterocycles. The summed E-state index contributed by atoms with van der Waals surface area (Å²) in [5, 5.41) is 11.2. The maximum atomic E-state index is 5.69. The molecule has 0 radical (unpaired) electrons. The average Bonchev–Trinajstić information content (AvgIpc) is 2.95. The lowest BCUT2D eigenvalue weighted by atomic mass is 10.2. The van der Waals surface area contributed by atoms with Gasteiger partial charge in [-0.1, -0.05) is 29.5 Å². The number of aromatic nitrogens is 2. The first-order valence-electron chi connectivity index (χ1n) is 5.23. The molecule has 17 heavy (non-hydrogen) atoms. The van der Waals surface area contributed by atoms with Crippen LogP contribution in [0.3, 0.4) is 0 Å². The number of rotatable bonds is 3. The fraction of sp³-hybridized carbons (Fsp3) is 0.167. The molecule has 0 aliphatic rings. The predicted octanol–water partition coefficient (Wildman–Crippen LogP) is 3.73. The largest absolute Gasteiger partial charge is 0.464 e. The minimum atomic E-state index is 0.570. The third-order valence-corrected chi connectivity index (χ3v) is 3.69. The van der Waals surface area contributed by atoms with E-state index in [0.29, 0.717) is 5.88 Å². The molecule has 0 N–H and O–H groups in total. The molecule has 0 bridgehead atoms. The molecule has 0 aliphatic carbocycles. The molecule has 2 aromatic heterocycles. The fourth-order valence-corrected chi connectivity index (χ4v) is 2.84. The van der Waals surface area contributed by atoms with Crippen molar-refractivity contribution in [3.8, 4) is 10.6 Å². The Kier molecular flexibility index (Phi) is 2.82. The lowest BCUT2D eigenvalue weighted by molar-refractivity contribution is 0.617. The summed E-state index contributed by atoms with van der Waals surface area (Å²) >= 11 is 7.25. The summed E-state index contributed by atoms with van der Waals surface area (Å²) in [4.78, 5) is 0. The second kappa shape index (κ2) is 4.47. The molecule has 0 atom stereocenters. The van der Waals surface area contributed by atoms with Crippen molar-refractivity contribution >= 4 is 33.9 Å². The number of alkyl halides is 1. The van der Waals surface area contributed by atoms with E-state index in [9.17, 15) is 0 Å². The molecule has 3 rings (SSSR count). The third kappa shape index (κ3) is 1.94. The first-order valence-corrected chi connectivity index (χ1v) is 6.58. The molecule has 2 heterocycles. The van der Waals surface area contributed by atoms with Gasteiger partial charge >= 0.3 is 0 Å². The van der Waals surface area contributed by atoms with Gasteiger partial charge in [-0.3, -0.25) is 0 Å². The topological polar surface area (TPSA) is 38.9 Å². The Hall–Kier alpha value is -1.39. The Labute approximate surface area is 107 Å². The standard InChI is InChI=1S/C12H9ClN2OS/c13-6-5-11-14-15-12(17-11)9-7-16-10-4-2-1-3-8(9)10/h1-4,7H,5-6H2. The Morgan fingerprint density at radius 3 is 3.00 bits per heavy atom. The number of hydrogen-bond acceptors (Lipinski definition) is 4. The van der Waals surface area contributed by atoms with Crippen molar-refractivity contribution in [2.75, 3.05) is 5.88 Å². The fourth-order valence-electron chi connectivity index (χ4n) is 1.69. The molecular weight excluding hydrogens is 256 g/mol. The molecule has 0 aliphatic heterocycles. The Bertz CT molecular complexity index is 647. The second-order valence-corrected chi connectivity index (χ2v) is 5.03. The van der Waals surface area contributed by atoms with Gasteiger partial charge in [-0.05, 0) is 6.07 Å². The van der Waals surface area contributed by atoms with E-state index in [2.05, 4.69) is 10.2 Å². The highest BCUT2D eigenvalue weighted by Crippen LogP contribution is 2.32. The lowest BCUT2D eigenvalue weighted by Crippen LogP contribution is -1.82. The van der Waals surface area contributed by atoms with E-state index in [1.807, 2.05) is 24.3 Å². The zero-order chi connectivity index (χ0) is 11.7. The average molecular weight is 265 g/mol. The molecule has 0 amide bonds. The van der Waals surface area contributed by atoms with Crippen LogP contribution in [0.5, 0.6) is 0 Å². The molecule has 0 spiro atoms. The number of furan rings is 1. The highest BCUT2D eigenvalue weighted by atomic mass is 35.5. The van der Waals surface area contributed by atoms with E-state index >= 15 is 0 Å². The van der Waals surface area contributed by atoms with Gasteiger partial charge in [0.2, 0.25) is 0 Å². The van der Waals surface area contributed by atoms with Gasteiger partial charge in [-0.25, -0.2) is 0 Å². The number of aryl methyl sites for hydroxylation is 1. The summed E-state index contributed by atoms with van der Waals surface area (Å²) in [6.45, 7) is 0. The molecule has 0 fully saturated rings. The first kappa shape index (κ1) is 10.7. The van der Waals surface area contributed by atoms with Gasteiger partial charge in [0.05, 0.1) is 5.56 Å². The second-order valence-electron chi connectivity index (χ2n) is 3.59. The van der Waals surface area contributed by atoms with Crippen LogP contribution in [0.2, 0.25) is 0 Å². The van der Waals surface area contributed by atoms with Gasteiger partial charge in [0.25, 0.3) is 0 Å². The zero-order valence-electron chi connectivity index (χ0n) is 8.89. The SMILES string of the molecule is ClCCc1nnc(-c2coc3ccccc23)s1. The first-order chi connectivity index (χ1) is 8.38. The minimum Gasteiger partial charge on any atom is -0.464 e. The summed E-state index contributed by atoms with van der Waals surface area (Å²) in [7, 11) is 0. The molecule has 3 nitrogen and oxygen atoms in total. The molecule has 0 saturated carbocycles. The summed E-state index contributed by atoms with van der Waals surface area (Å²) in [6.07, 6.45) is 2.49. The highest BCUT2D eigenvalue weighted by molar-refractivity contribution is 7.14. The van der Waals surface area contributed by atoms with Crippen molar-refractivity contribution < 1.29 is 4.42 Å². The summed E-state index contributed by atoms with van der Waals surface area (Å²) < 4.78 is 5.49. The van der Waals surface area contributed by atoms with Gasteiger partial charge in [0.15, 0.2) is 5.01 Å². The summed E-state index contributed by atoms with van der Waals surface area (Å²) in [5.74, 6) is 0.570. The summed E-state index contributed by atoms with van der Waals surface area (Å²) in [5.41, 5.74) is 1.87. The van der Waals surface area contributed by atoms with Gasteiger partial charge in [0, 0.05) is 17.7 Å². The molecule has 3 aromatic rings. The third-order valence-electron chi connectivity index (χ3n) is 2.49. The van der Waals surface area contributed by atoms with Crippen LogP contribution in [0.25, 0.3) is 21.5 Å². The normalized spacial score (nSPS) is 11.1. The van der Waals surface area contributed by atoms with Crippen LogP contribution >= 0.6 is 22.9 Å². The van der Waals surface area contributed by atoms with E-state index in [1.54, 1.807) is 17.6 Å². The molecule has 86 valence electrons. The monoisotopic (exact) mass is 264 g/mol. The van der Waals surface area contributed by atoms with Crippen LogP contribution in [-0.2, 0) is 6.42 Å². The molecular formula is C12H9ClN2OS. The van der Waals surface area contributed by atoms with Crippen LogP contribution < -0.4 is 0 Å². The Morgan fingerprint density at radius 1 is 1.24 bits per heavy atom. The van der Waals surface area contributed by atoms with Crippen LogP contribution in [0, 0.1) is 0 Å². The van der Waals surface area contributed by atoms with Crippen LogP contribution in [0.1, 0.15) is 5.01 Å². The highest BCUT2D eigenvalue weighted by Gasteiger charge is 2.12. The molecule has 0 unspecified atom stereocenters. The summed E-state index contributed by atoms with van der Waals surface area (Å²) in [6, 6.07) is 7.91. The van der Waals surface area contributed by atoms with Crippen LogP contribution in [-0.4, -0.2) is 16.1 Å². The van der Waals surface area contributed by atoms with E-state index < -0.39 is 0 Å². The number of nitrogens with zero attached hydrogens (tertiary/aromatic N) is 2. The number of halogens is 1. The zero-order valence-corrected chi connectivity index (χ0v) is 10.5. The van der Waals surface area contributed by atoms with Crippen LogP contribution in [0.4, 0.5) is 0 Å². The number of benzene rings is 1. The number of hydrogen-bond donors (Lipinski definition) is 0. The maximum Gasteiger partial charge on any atom is 0.151 e. The van der Waals surface area contributed by atoms with E-state index in [1.165, 1.54) is 0 Å². The minimum absolute atomic E-state index is 0.570.